The second-order valence-corrected chi connectivity index (χ2v) is 5.77. The molecule has 22 heavy (non-hydrogen) atoms. The number of rotatable bonds is 5. The Morgan fingerprint density at radius 2 is 1.91 bits per heavy atom. The summed E-state index contributed by atoms with van der Waals surface area (Å²) in [5, 5.41) is 2.73. The molecule has 0 unspecified atom stereocenters. The van der Waals surface area contributed by atoms with Gasteiger partial charge in [0.05, 0.1) is 17.9 Å². The lowest BCUT2D eigenvalue weighted by molar-refractivity contribution is 0.111. The highest BCUT2D eigenvalue weighted by atomic mass is 19.3. The number of carbonyl (C=O) groups excluding carboxylic acids is 1. The average Bonchev–Trinajstić information content (AvgIpc) is 3.00. The number of nitrogens with one attached hydrogen (secondary N) is 1. The smallest absolute Gasteiger partial charge is 0.321 e. The maximum absolute atomic E-state index is 12.4. The highest BCUT2D eigenvalue weighted by Crippen LogP contribution is 2.31. The second kappa shape index (κ2) is 7.42. The molecule has 0 spiro atoms. The van der Waals surface area contributed by atoms with Crippen molar-refractivity contribution in [2.75, 3.05) is 30.9 Å². The van der Waals surface area contributed by atoms with Crippen molar-refractivity contribution in [2.24, 2.45) is 0 Å². The fourth-order valence-electron chi connectivity index (χ4n) is 2.88. The quantitative estimate of drug-likeness (QED) is 0.898. The van der Waals surface area contributed by atoms with E-state index in [0.717, 1.165) is 23.4 Å². The Balaban J connectivity index is 2.09. The van der Waals surface area contributed by atoms with Crippen LogP contribution in [0.1, 0.15) is 25.7 Å². The van der Waals surface area contributed by atoms with Crippen molar-refractivity contribution < 1.29 is 13.6 Å². The van der Waals surface area contributed by atoms with Crippen LogP contribution < -0.4 is 10.2 Å². The Kier molecular flexibility index (Phi) is 5.57. The van der Waals surface area contributed by atoms with Crippen molar-refractivity contribution in [3.63, 3.8) is 0 Å². The third-order valence-electron chi connectivity index (χ3n) is 4.16. The van der Waals surface area contributed by atoms with E-state index in [1.54, 1.807) is 6.07 Å². The van der Waals surface area contributed by atoms with Crippen LogP contribution in [0, 0.1) is 0 Å². The number of hydrogen-bond donors (Lipinski definition) is 1. The summed E-state index contributed by atoms with van der Waals surface area (Å²) in [6.07, 6.45) is 2.20. The first-order valence-electron chi connectivity index (χ1n) is 7.61. The molecule has 0 saturated heterocycles. The second-order valence-electron chi connectivity index (χ2n) is 5.77. The number of para-hydroxylation sites is 2. The molecular formula is C16H23F2N3O. The highest BCUT2D eigenvalue weighted by Gasteiger charge is 2.22. The topological polar surface area (TPSA) is 35.6 Å². The Labute approximate surface area is 130 Å². The van der Waals surface area contributed by atoms with Crippen LogP contribution >= 0.6 is 0 Å². The summed E-state index contributed by atoms with van der Waals surface area (Å²) >= 11 is 0. The fraction of sp³-hybridized carbons (Fsp3) is 0.562. The van der Waals surface area contributed by atoms with E-state index < -0.39 is 19.0 Å². The van der Waals surface area contributed by atoms with Crippen LogP contribution in [0.25, 0.3) is 0 Å². The van der Waals surface area contributed by atoms with Crippen molar-refractivity contribution >= 4 is 17.4 Å². The molecule has 1 saturated carbocycles. The standard InChI is InChI=1S/C16H23F2N3O/c1-20(11-15(17)18)16(22)19-13-9-5-6-10-14(13)21(2)12-7-3-4-8-12/h5-6,9-10,12,15H,3-4,7-8,11H2,1-2H3,(H,19,22). The van der Waals surface area contributed by atoms with Gasteiger partial charge in [-0.15, -0.1) is 0 Å². The summed E-state index contributed by atoms with van der Waals surface area (Å²) in [4.78, 5) is 15.2. The average molecular weight is 311 g/mol. The van der Waals surface area contributed by atoms with E-state index in [0.29, 0.717) is 11.7 Å². The number of anilines is 2. The first-order valence-corrected chi connectivity index (χ1v) is 7.61. The fourth-order valence-corrected chi connectivity index (χ4v) is 2.88. The molecule has 0 atom stereocenters. The number of hydrogen-bond acceptors (Lipinski definition) is 2. The van der Waals surface area contributed by atoms with Crippen LogP contribution in [0.2, 0.25) is 0 Å². The third kappa shape index (κ3) is 4.08. The van der Waals surface area contributed by atoms with Gasteiger partial charge in [-0.3, -0.25) is 0 Å². The zero-order valence-corrected chi connectivity index (χ0v) is 13.1. The van der Waals surface area contributed by atoms with E-state index in [9.17, 15) is 13.6 Å². The maximum Gasteiger partial charge on any atom is 0.321 e. The van der Waals surface area contributed by atoms with Gasteiger partial charge in [0, 0.05) is 20.1 Å². The molecule has 0 radical (unpaired) electrons. The summed E-state index contributed by atoms with van der Waals surface area (Å²) in [6.45, 7) is -0.577. The van der Waals surface area contributed by atoms with E-state index >= 15 is 0 Å². The predicted molar refractivity (Wildman–Crippen MR) is 84.8 cm³/mol. The summed E-state index contributed by atoms with van der Waals surface area (Å²) < 4.78 is 24.7. The molecule has 0 bridgehead atoms. The van der Waals surface area contributed by atoms with Gasteiger partial charge in [-0.05, 0) is 25.0 Å². The van der Waals surface area contributed by atoms with Gasteiger partial charge in [0.25, 0.3) is 6.43 Å². The largest absolute Gasteiger partial charge is 0.370 e. The normalized spacial score (nSPS) is 15.1. The Bertz CT molecular complexity index is 504. The lowest BCUT2D eigenvalue weighted by Gasteiger charge is -2.29. The molecule has 1 aliphatic carbocycles. The van der Waals surface area contributed by atoms with Gasteiger partial charge in [0.2, 0.25) is 0 Å². The molecule has 1 aliphatic rings. The van der Waals surface area contributed by atoms with E-state index in [-0.39, 0.29) is 0 Å². The number of urea groups is 1. The molecule has 0 aliphatic heterocycles. The Morgan fingerprint density at radius 1 is 1.27 bits per heavy atom. The summed E-state index contributed by atoms with van der Waals surface area (Å²) in [7, 11) is 3.38. The molecule has 4 nitrogen and oxygen atoms in total. The van der Waals surface area contributed by atoms with E-state index in [1.807, 2.05) is 25.2 Å². The van der Waals surface area contributed by atoms with Crippen LogP contribution in [0.4, 0.5) is 25.0 Å². The minimum absolute atomic E-state index is 0.469. The SMILES string of the molecule is CN(CC(F)F)C(=O)Nc1ccccc1N(C)C1CCCC1. The van der Waals surface area contributed by atoms with Gasteiger partial charge in [-0.25, -0.2) is 13.6 Å². The van der Waals surface area contributed by atoms with Gasteiger partial charge in [0.1, 0.15) is 0 Å². The number of nitrogens with zero attached hydrogens (tertiary/aromatic N) is 2. The molecule has 6 heteroatoms. The van der Waals surface area contributed by atoms with E-state index in [2.05, 4.69) is 10.2 Å². The Morgan fingerprint density at radius 3 is 2.55 bits per heavy atom. The number of amides is 2. The first-order chi connectivity index (χ1) is 10.5. The highest BCUT2D eigenvalue weighted by molar-refractivity contribution is 5.93. The minimum atomic E-state index is -2.54. The number of alkyl halides is 2. The van der Waals surface area contributed by atoms with Gasteiger partial charge < -0.3 is 15.1 Å². The molecule has 0 heterocycles. The number of halogens is 2. The molecule has 1 aromatic carbocycles. The van der Waals surface area contributed by atoms with Crippen molar-refractivity contribution in [1.29, 1.82) is 0 Å². The zero-order valence-electron chi connectivity index (χ0n) is 13.1. The summed E-state index contributed by atoms with van der Waals surface area (Å²) in [5.74, 6) is 0. The number of benzene rings is 1. The molecule has 1 aromatic rings. The van der Waals surface area contributed by atoms with Gasteiger partial charge >= 0.3 is 6.03 Å². The molecular weight excluding hydrogens is 288 g/mol. The van der Waals surface area contributed by atoms with Crippen molar-refractivity contribution in [2.45, 2.75) is 38.2 Å². The van der Waals surface area contributed by atoms with E-state index in [4.69, 9.17) is 0 Å². The minimum Gasteiger partial charge on any atom is -0.370 e. The van der Waals surface area contributed by atoms with Crippen molar-refractivity contribution in [1.82, 2.24) is 4.90 Å². The van der Waals surface area contributed by atoms with Crippen LogP contribution in [0.5, 0.6) is 0 Å². The van der Waals surface area contributed by atoms with Gasteiger partial charge in [-0.1, -0.05) is 25.0 Å². The first kappa shape index (κ1) is 16.5. The summed E-state index contributed by atoms with van der Waals surface area (Å²) in [5.41, 5.74) is 1.58. The molecule has 2 rings (SSSR count). The van der Waals surface area contributed by atoms with Crippen LogP contribution in [-0.2, 0) is 0 Å². The zero-order chi connectivity index (χ0) is 16.1. The van der Waals surface area contributed by atoms with Crippen molar-refractivity contribution in [3.05, 3.63) is 24.3 Å². The molecule has 122 valence electrons. The van der Waals surface area contributed by atoms with Crippen LogP contribution in [0.3, 0.4) is 0 Å². The maximum atomic E-state index is 12.4. The molecule has 0 aromatic heterocycles. The number of carbonyl (C=O) groups is 1. The van der Waals surface area contributed by atoms with E-state index in [1.165, 1.54) is 19.9 Å². The lowest BCUT2D eigenvalue weighted by Crippen LogP contribution is -2.36. The van der Waals surface area contributed by atoms with Crippen molar-refractivity contribution in [3.8, 4) is 0 Å². The van der Waals surface area contributed by atoms with Crippen LogP contribution in [-0.4, -0.2) is 44.0 Å². The van der Waals surface area contributed by atoms with Crippen LogP contribution in [0.15, 0.2) is 24.3 Å². The lowest BCUT2D eigenvalue weighted by atomic mass is 10.1. The molecule has 1 N–H and O–H groups in total. The third-order valence-corrected chi connectivity index (χ3v) is 4.16. The predicted octanol–water partition coefficient (Wildman–Crippen LogP) is 3.79. The van der Waals surface area contributed by atoms with Gasteiger partial charge in [-0.2, -0.15) is 0 Å². The Hall–Kier alpha value is -1.85. The molecule has 2 amide bonds. The van der Waals surface area contributed by atoms with Gasteiger partial charge in [0.15, 0.2) is 0 Å². The molecule has 1 fully saturated rings. The monoisotopic (exact) mass is 311 g/mol. The summed E-state index contributed by atoms with van der Waals surface area (Å²) in [6, 6.07) is 7.44.